The normalized spacial score (nSPS) is 26.9. The first-order chi connectivity index (χ1) is 8.35. The van der Waals surface area contributed by atoms with E-state index in [0.717, 1.165) is 34.7 Å². The van der Waals surface area contributed by atoms with Gasteiger partial charge in [0.2, 0.25) is 0 Å². The Morgan fingerprint density at radius 3 is 2.67 bits per heavy atom. The van der Waals surface area contributed by atoms with Gasteiger partial charge in [0.15, 0.2) is 0 Å². The smallest absolute Gasteiger partial charge is 0.134 e. The molecule has 1 aromatic carbocycles. The molecule has 3 heteroatoms. The highest BCUT2D eigenvalue weighted by molar-refractivity contribution is 9.10. The molecule has 0 heterocycles. The van der Waals surface area contributed by atoms with Gasteiger partial charge in [-0.05, 0) is 64.7 Å². The lowest BCUT2D eigenvalue weighted by Crippen LogP contribution is -2.34. The van der Waals surface area contributed by atoms with Gasteiger partial charge in [-0.1, -0.05) is 20.8 Å². The van der Waals surface area contributed by atoms with Crippen LogP contribution in [0, 0.1) is 11.3 Å². The van der Waals surface area contributed by atoms with E-state index in [1.54, 1.807) is 0 Å². The summed E-state index contributed by atoms with van der Waals surface area (Å²) in [7, 11) is 0. The van der Waals surface area contributed by atoms with Gasteiger partial charge in [0, 0.05) is 5.69 Å². The maximum atomic E-state index is 6.14. The van der Waals surface area contributed by atoms with E-state index < -0.39 is 0 Å². The highest BCUT2D eigenvalue weighted by atomic mass is 79.9. The molecule has 2 rings (SSSR count). The van der Waals surface area contributed by atoms with Crippen molar-refractivity contribution in [3.63, 3.8) is 0 Å². The molecule has 2 unspecified atom stereocenters. The van der Waals surface area contributed by atoms with Crippen molar-refractivity contribution >= 4 is 21.6 Å². The van der Waals surface area contributed by atoms with Crippen molar-refractivity contribution < 1.29 is 4.74 Å². The Morgan fingerprint density at radius 1 is 1.33 bits per heavy atom. The molecular weight excluding hydrogens is 290 g/mol. The summed E-state index contributed by atoms with van der Waals surface area (Å²) in [6, 6.07) is 5.73. The number of halogens is 1. The van der Waals surface area contributed by atoms with Gasteiger partial charge in [-0.2, -0.15) is 0 Å². The summed E-state index contributed by atoms with van der Waals surface area (Å²) in [4.78, 5) is 0. The van der Waals surface area contributed by atoms with Crippen molar-refractivity contribution in [1.82, 2.24) is 0 Å². The molecule has 0 spiro atoms. The lowest BCUT2D eigenvalue weighted by Gasteiger charge is -2.39. The van der Waals surface area contributed by atoms with Crippen molar-refractivity contribution in [2.24, 2.45) is 11.3 Å². The molecule has 0 saturated heterocycles. The second kappa shape index (κ2) is 5.12. The largest absolute Gasteiger partial charge is 0.489 e. The Bertz CT molecular complexity index is 431. The van der Waals surface area contributed by atoms with Crippen molar-refractivity contribution in [2.75, 3.05) is 5.73 Å². The number of benzene rings is 1. The highest BCUT2D eigenvalue weighted by Crippen LogP contribution is 2.40. The molecule has 100 valence electrons. The van der Waals surface area contributed by atoms with Gasteiger partial charge in [0.1, 0.15) is 5.75 Å². The predicted octanol–water partition coefficient (Wildman–Crippen LogP) is 4.62. The first-order valence-electron chi connectivity index (χ1n) is 6.57. The number of rotatable bonds is 2. The van der Waals surface area contributed by atoms with Gasteiger partial charge in [-0.25, -0.2) is 0 Å². The van der Waals surface area contributed by atoms with Crippen LogP contribution in [0.25, 0.3) is 0 Å². The molecule has 1 saturated carbocycles. The van der Waals surface area contributed by atoms with Gasteiger partial charge in [-0.15, -0.1) is 0 Å². The molecule has 2 N–H and O–H groups in total. The van der Waals surface area contributed by atoms with Crippen LogP contribution in [-0.4, -0.2) is 6.10 Å². The zero-order chi connectivity index (χ0) is 13.3. The maximum absolute atomic E-state index is 6.14. The number of anilines is 1. The van der Waals surface area contributed by atoms with Crippen LogP contribution in [0.15, 0.2) is 22.7 Å². The molecular formula is C15H22BrNO. The van der Waals surface area contributed by atoms with E-state index in [4.69, 9.17) is 10.5 Å². The minimum atomic E-state index is 0.309. The fourth-order valence-corrected chi connectivity index (χ4v) is 3.63. The third-order valence-corrected chi connectivity index (χ3v) is 4.22. The van der Waals surface area contributed by atoms with Crippen molar-refractivity contribution in [2.45, 2.75) is 46.1 Å². The maximum Gasteiger partial charge on any atom is 0.134 e. The summed E-state index contributed by atoms with van der Waals surface area (Å²) in [6.07, 6.45) is 3.85. The summed E-state index contributed by atoms with van der Waals surface area (Å²) >= 11 is 3.51. The van der Waals surface area contributed by atoms with E-state index in [-0.39, 0.29) is 0 Å². The molecule has 1 fully saturated rings. The monoisotopic (exact) mass is 311 g/mol. The van der Waals surface area contributed by atoms with Crippen LogP contribution in [0.4, 0.5) is 5.69 Å². The molecule has 18 heavy (non-hydrogen) atoms. The Kier molecular flexibility index (Phi) is 3.90. The van der Waals surface area contributed by atoms with Crippen LogP contribution in [0.5, 0.6) is 5.75 Å². The minimum Gasteiger partial charge on any atom is -0.489 e. The van der Waals surface area contributed by atoms with Crippen molar-refractivity contribution in [1.29, 1.82) is 0 Å². The average molecular weight is 312 g/mol. The number of hydrogen-bond acceptors (Lipinski definition) is 2. The number of nitrogens with two attached hydrogens (primary N) is 1. The standard InChI is InChI=1S/C15H22BrNO/c1-10-6-12(9-15(2,3)8-10)18-14-5-4-11(17)7-13(14)16/h4-5,7,10,12H,6,8-9,17H2,1-3H3. The predicted molar refractivity (Wildman–Crippen MR) is 79.8 cm³/mol. The lowest BCUT2D eigenvalue weighted by atomic mass is 9.71. The summed E-state index contributed by atoms with van der Waals surface area (Å²) in [5, 5.41) is 0. The molecule has 1 aromatic rings. The topological polar surface area (TPSA) is 35.2 Å². The lowest BCUT2D eigenvalue weighted by molar-refractivity contribution is 0.0558. The summed E-state index contributed by atoms with van der Waals surface area (Å²) in [6.45, 7) is 6.98. The van der Waals surface area contributed by atoms with Crippen LogP contribution >= 0.6 is 15.9 Å². The Labute approximate surface area is 118 Å². The van der Waals surface area contributed by atoms with Gasteiger partial charge in [-0.3, -0.25) is 0 Å². The highest BCUT2D eigenvalue weighted by Gasteiger charge is 2.33. The third kappa shape index (κ3) is 3.41. The van der Waals surface area contributed by atoms with Crippen LogP contribution in [-0.2, 0) is 0 Å². The van der Waals surface area contributed by atoms with Crippen LogP contribution in [0.3, 0.4) is 0 Å². The quantitative estimate of drug-likeness (QED) is 0.808. The SMILES string of the molecule is CC1CC(Oc2ccc(N)cc2Br)CC(C)(C)C1. The zero-order valence-electron chi connectivity index (χ0n) is 11.4. The Morgan fingerprint density at radius 2 is 2.06 bits per heavy atom. The molecule has 0 bridgehead atoms. The number of hydrogen-bond donors (Lipinski definition) is 1. The van der Waals surface area contributed by atoms with Crippen molar-refractivity contribution in [3.8, 4) is 5.75 Å². The first kappa shape index (κ1) is 13.7. The zero-order valence-corrected chi connectivity index (χ0v) is 13.0. The molecule has 1 aliphatic rings. The van der Waals surface area contributed by atoms with Gasteiger partial charge in [0.05, 0.1) is 10.6 Å². The summed E-state index contributed by atoms with van der Waals surface area (Å²) in [5.74, 6) is 1.63. The van der Waals surface area contributed by atoms with E-state index in [2.05, 4.69) is 36.7 Å². The fourth-order valence-electron chi connectivity index (χ4n) is 3.14. The summed E-state index contributed by atoms with van der Waals surface area (Å²) in [5.41, 5.74) is 6.87. The molecule has 0 radical (unpaired) electrons. The fraction of sp³-hybridized carbons (Fsp3) is 0.600. The van der Waals surface area contributed by atoms with Crippen molar-refractivity contribution in [3.05, 3.63) is 22.7 Å². The van der Waals surface area contributed by atoms with E-state index in [9.17, 15) is 0 Å². The van der Waals surface area contributed by atoms with Crippen LogP contribution in [0.2, 0.25) is 0 Å². The molecule has 2 nitrogen and oxygen atoms in total. The molecule has 2 atom stereocenters. The molecule has 0 aliphatic heterocycles. The van der Waals surface area contributed by atoms with Crippen LogP contribution in [0.1, 0.15) is 40.0 Å². The van der Waals surface area contributed by atoms with E-state index >= 15 is 0 Å². The molecule has 1 aliphatic carbocycles. The summed E-state index contributed by atoms with van der Waals surface area (Å²) < 4.78 is 7.09. The van der Waals surface area contributed by atoms with Gasteiger partial charge < -0.3 is 10.5 Å². The number of ether oxygens (including phenoxy) is 1. The Balaban J connectivity index is 2.09. The second-order valence-corrected chi connectivity index (χ2v) is 7.20. The number of nitrogen functional groups attached to an aromatic ring is 1. The van der Waals surface area contributed by atoms with E-state index in [1.807, 2.05) is 18.2 Å². The molecule has 0 amide bonds. The van der Waals surface area contributed by atoms with Crippen LogP contribution < -0.4 is 10.5 Å². The van der Waals surface area contributed by atoms with Gasteiger partial charge >= 0.3 is 0 Å². The average Bonchev–Trinajstić information content (AvgIpc) is 2.19. The Hall–Kier alpha value is -0.700. The molecule has 0 aromatic heterocycles. The van der Waals surface area contributed by atoms with E-state index in [1.165, 1.54) is 6.42 Å². The van der Waals surface area contributed by atoms with Gasteiger partial charge in [0.25, 0.3) is 0 Å². The first-order valence-corrected chi connectivity index (χ1v) is 7.37. The van der Waals surface area contributed by atoms with E-state index in [0.29, 0.717) is 11.5 Å². The minimum absolute atomic E-state index is 0.309. The second-order valence-electron chi connectivity index (χ2n) is 6.34. The third-order valence-electron chi connectivity index (χ3n) is 3.60.